The summed E-state index contributed by atoms with van der Waals surface area (Å²) in [5.74, 6) is 0.732. The minimum atomic E-state index is -0.164. The van der Waals surface area contributed by atoms with Gasteiger partial charge in [-0.25, -0.2) is 15.0 Å². The van der Waals surface area contributed by atoms with E-state index in [0.717, 1.165) is 21.2 Å². The second-order valence-electron chi connectivity index (χ2n) is 5.99. The monoisotopic (exact) mass is 359 g/mol. The normalized spacial score (nSPS) is 14.2. The quantitative estimate of drug-likeness (QED) is 0.577. The Morgan fingerprint density at radius 3 is 2.46 bits per heavy atom. The fourth-order valence-electron chi connectivity index (χ4n) is 2.35. The van der Waals surface area contributed by atoms with E-state index in [2.05, 4.69) is 23.0 Å². The van der Waals surface area contributed by atoms with Gasteiger partial charge in [0.1, 0.15) is 6.10 Å². The number of aryl methyl sites for hydroxylation is 1. The molecule has 0 spiro atoms. The van der Waals surface area contributed by atoms with Crippen molar-refractivity contribution in [3.63, 3.8) is 0 Å². The van der Waals surface area contributed by atoms with Gasteiger partial charge in [-0.15, -0.1) is 11.3 Å². The number of ether oxygens (including phenoxy) is 1. The van der Waals surface area contributed by atoms with Crippen molar-refractivity contribution in [1.29, 1.82) is 0 Å². The predicted octanol–water partition coefficient (Wildman–Crippen LogP) is 5.04. The molecule has 2 aromatic heterocycles. The van der Waals surface area contributed by atoms with Crippen LogP contribution in [0, 0.1) is 6.92 Å². The molecule has 0 unspecified atom stereocenters. The number of thiazole rings is 1. The first kappa shape index (κ1) is 17.3. The third-order valence-corrected chi connectivity index (χ3v) is 5.74. The number of hydrogen-bond donors (Lipinski definition) is 0. The Labute approximate surface area is 150 Å². The number of para-hydroxylation sites is 1. The molecule has 0 saturated carbocycles. The van der Waals surface area contributed by atoms with Crippen molar-refractivity contribution in [1.82, 2.24) is 15.0 Å². The highest BCUT2D eigenvalue weighted by atomic mass is 32.2. The van der Waals surface area contributed by atoms with Gasteiger partial charge in [0.2, 0.25) is 0 Å². The molecule has 2 atom stereocenters. The van der Waals surface area contributed by atoms with Gasteiger partial charge in [-0.3, -0.25) is 0 Å². The van der Waals surface area contributed by atoms with Crippen LogP contribution < -0.4 is 0 Å². The first-order valence-electron chi connectivity index (χ1n) is 7.99. The molecule has 6 heteroatoms. The maximum atomic E-state index is 6.12. The first-order chi connectivity index (χ1) is 11.5. The van der Waals surface area contributed by atoms with Crippen LogP contribution >= 0.6 is 23.1 Å². The molecule has 3 aromatic rings. The molecule has 24 heavy (non-hydrogen) atoms. The predicted molar refractivity (Wildman–Crippen MR) is 101 cm³/mol. The Bertz CT molecular complexity index is 768. The van der Waals surface area contributed by atoms with E-state index in [1.54, 1.807) is 23.1 Å². The lowest BCUT2D eigenvalue weighted by molar-refractivity contribution is 0.00279. The summed E-state index contributed by atoms with van der Waals surface area (Å²) in [6, 6.07) is 8.21. The van der Waals surface area contributed by atoms with Crippen LogP contribution in [0.2, 0.25) is 0 Å². The molecule has 0 amide bonds. The van der Waals surface area contributed by atoms with Crippen LogP contribution in [0.4, 0.5) is 0 Å². The molecule has 1 aromatic carbocycles. The molecule has 0 saturated heterocycles. The van der Waals surface area contributed by atoms with Crippen molar-refractivity contribution in [3.05, 3.63) is 48.0 Å². The van der Waals surface area contributed by atoms with Crippen molar-refractivity contribution < 1.29 is 4.74 Å². The van der Waals surface area contributed by atoms with E-state index >= 15 is 0 Å². The smallest absolute Gasteiger partial charge is 0.158 e. The fourth-order valence-corrected chi connectivity index (χ4v) is 4.74. The van der Waals surface area contributed by atoms with Crippen molar-refractivity contribution in [2.75, 3.05) is 0 Å². The molecule has 0 aliphatic heterocycles. The van der Waals surface area contributed by atoms with E-state index in [-0.39, 0.29) is 17.5 Å². The highest BCUT2D eigenvalue weighted by Gasteiger charge is 2.26. The second kappa shape index (κ2) is 7.59. The summed E-state index contributed by atoms with van der Waals surface area (Å²) in [6.07, 6.45) is 3.63. The summed E-state index contributed by atoms with van der Waals surface area (Å²) in [6.45, 7) is 8.21. The lowest BCUT2D eigenvalue weighted by Gasteiger charge is -2.24. The summed E-state index contributed by atoms with van der Waals surface area (Å²) >= 11 is 3.44. The number of aromatic nitrogens is 3. The largest absolute Gasteiger partial charge is 0.366 e. The Morgan fingerprint density at radius 1 is 1.08 bits per heavy atom. The summed E-state index contributed by atoms with van der Waals surface area (Å²) < 4.78 is 8.37. The zero-order valence-electron chi connectivity index (χ0n) is 14.3. The van der Waals surface area contributed by atoms with Crippen LogP contribution in [0.25, 0.3) is 10.2 Å². The zero-order valence-corrected chi connectivity index (χ0v) is 15.9. The Balaban J connectivity index is 1.82. The lowest BCUT2D eigenvalue weighted by Crippen LogP contribution is -2.21. The molecular formula is C18H21N3OS2. The molecule has 0 N–H and O–H groups in total. The highest BCUT2D eigenvalue weighted by molar-refractivity contribution is 8.01. The minimum Gasteiger partial charge on any atom is -0.366 e. The van der Waals surface area contributed by atoms with Gasteiger partial charge in [0.25, 0.3) is 0 Å². The molecule has 0 radical (unpaired) electrons. The van der Waals surface area contributed by atoms with Crippen LogP contribution in [0.1, 0.15) is 38.3 Å². The topological polar surface area (TPSA) is 47.9 Å². The number of hydrogen-bond acceptors (Lipinski definition) is 6. The molecule has 0 aliphatic rings. The third kappa shape index (κ3) is 4.12. The molecule has 4 nitrogen and oxygen atoms in total. The Kier molecular flexibility index (Phi) is 5.48. The van der Waals surface area contributed by atoms with E-state index in [9.17, 15) is 0 Å². The van der Waals surface area contributed by atoms with Gasteiger partial charge >= 0.3 is 0 Å². The van der Waals surface area contributed by atoms with Crippen LogP contribution in [0.5, 0.6) is 0 Å². The van der Waals surface area contributed by atoms with Gasteiger partial charge in [-0.1, -0.05) is 23.9 Å². The van der Waals surface area contributed by atoms with E-state index in [0.29, 0.717) is 0 Å². The molecular weight excluding hydrogens is 338 g/mol. The van der Waals surface area contributed by atoms with E-state index < -0.39 is 0 Å². The van der Waals surface area contributed by atoms with Crippen LogP contribution in [0.3, 0.4) is 0 Å². The van der Waals surface area contributed by atoms with Gasteiger partial charge in [-0.05, 0) is 45.4 Å². The van der Waals surface area contributed by atoms with Crippen molar-refractivity contribution in [2.45, 2.75) is 49.5 Å². The van der Waals surface area contributed by atoms with Gasteiger partial charge in [0.05, 0.1) is 16.3 Å². The summed E-state index contributed by atoms with van der Waals surface area (Å²) in [5, 5.41) is 0.163. The van der Waals surface area contributed by atoms with Gasteiger partial charge in [0.15, 0.2) is 10.2 Å². The van der Waals surface area contributed by atoms with Crippen molar-refractivity contribution >= 4 is 33.3 Å². The van der Waals surface area contributed by atoms with Gasteiger partial charge in [-0.2, -0.15) is 0 Å². The van der Waals surface area contributed by atoms with Crippen LogP contribution in [-0.2, 0) is 4.74 Å². The fraction of sp³-hybridized carbons (Fsp3) is 0.389. The average Bonchev–Trinajstić information content (AvgIpc) is 2.95. The maximum Gasteiger partial charge on any atom is 0.158 e. The Morgan fingerprint density at radius 2 is 1.79 bits per heavy atom. The highest BCUT2D eigenvalue weighted by Crippen LogP contribution is 2.37. The molecule has 2 heterocycles. The lowest BCUT2D eigenvalue weighted by atomic mass is 10.2. The first-order valence-corrected chi connectivity index (χ1v) is 9.69. The SMILES string of the molecule is Cc1cnc([C@H](OC(C)C)[C@H](C)Sc2nc3ccccc3s2)nc1. The molecule has 0 aliphatic carbocycles. The van der Waals surface area contributed by atoms with Crippen molar-refractivity contribution in [3.8, 4) is 0 Å². The molecule has 126 valence electrons. The van der Waals surface area contributed by atoms with Gasteiger partial charge in [0, 0.05) is 17.6 Å². The van der Waals surface area contributed by atoms with E-state index in [4.69, 9.17) is 9.72 Å². The van der Waals surface area contributed by atoms with Gasteiger partial charge < -0.3 is 4.74 Å². The summed E-state index contributed by atoms with van der Waals surface area (Å²) in [7, 11) is 0. The number of rotatable bonds is 6. The van der Waals surface area contributed by atoms with Crippen LogP contribution in [-0.4, -0.2) is 26.3 Å². The number of thioether (sulfide) groups is 1. The third-order valence-electron chi connectivity index (χ3n) is 3.46. The summed E-state index contributed by atoms with van der Waals surface area (Å²) in [4.78, 5) is 13.6. The second-order valence-corrected chi connectivity index (χ2v) is 8.65. The molecule has 0 fully saturated rings. The van der Waals surface area contributed by atoms with Crippen LogP contribution in [0.15, 0.2) is 41.0 Å². The maximum absolute atomic E-state index is 6.12. The number of fused-ring (bicyclic) bond motifs is 1. The average molecular weight is 360 g/mol. The van der Waals surface area contributed by atoms with E-state index in [1.807, 2.05) is 51.4 Å². The Hall–Kier alpha value is -1.50. The number of benzene rings is 1. The summed E-state index contributed by atoms with van der Waals surface area (Å²) in [5.41, 5.74) is 2.10. The van der Waals surface area contributed by atoms with Crippen molar-refractivity contribution in [2.24, 2.45) is 0 Å². The number of nitrogens with zero attached hydrogens (tertiary/aromatic N) is 3. The standard InChI is InChI=1S/C18H21N3OS2/c1-11(2)22-16(17-19-9-12(3)10-20-17)13(4)23-18-21-14-7-5-6-8-15(14)24-18/h5-11,13,16H,1-4H3/t13-,16+/m0/s1. The van der Waals surface area contributed by atoms with E-state index in [1.165, 1.54) is 4.70 Å². The molecule has 0 bridgehead atoms. The zero-order chi connectivity index (χ0) is 17.1. The molecule has 3 rings (SSSR count). The minimum absolute atomic E-state index is 0.110.